The number of anilines is 1. The van der Waals surface area contributed by atoms with Gasteiger partial charge in [0, 0.05) is 50.4 Å². The molecule has 0 radical (unpaired) electrons. The van der Waals surface area contributed by atoms with E-state index < -0.39 is 10.0 Å². The zero-order valence-corrected chi connectivity index (χ0v) is 23.6. The monoisotopic (exact) mass is 573 g/mol. The highest BCUT2D eigenvalue weighted by molar-refractivity contribution is 7.89. The number of ether oxygens (including phenoxy) is 2. The maximum Gasteiger partial charge on any atom is 0.243 e. The van der Waals surface area contributed by atoms with E-state index in [1.807, 2.05) is 36.4 Å². The van der Waals surface area contributed by atoms with Gasteiger partial charge in [0.2, 0.25) is 15.9 Å². The molecule has 1 aliphatic heterocycles. The molecule has 0 saturated carbocycles. The summed E-state index contributed by atoms with van der Waals surface area (Å²) in [5.74, 6) is 1.21. The second-order valence-electron chi connectivity index (χ2n) is 9.02. The maximum atomic E-state index is 13.3. The highest BCUT2D eigenvalue weighted by atomic mass is 35.5. The Labute approximate surface area is 234 Å². The molecule has 2 aromatic carbocycles. The molecule has 3 aromatic rings. The molecule has 0 N–H and O–H groups in total. The van der Waals surface area contributed by atoms with E-state index in [1.165, 1.54) is 31.4 Å². The predicted octanol–water partition coefficient (Wildman–Crippen LogP) is 3.18. The lowest BCUT2D eigenvalue weighted by atomic mass is 10.1. The number of benzene rings is 2. The summed E-state index contributed by atoms with van der Waals surface area (Å²) in [5, 5.41) is 9.25. The number of nitrogens with zero attached hydrogens (tertiary/aromatic N) is 5. The quantitative estimate of drug-likeness (QED) is 0.364. The number of halogens is 1. The van der Waals surface area contributed by atoms with Crippen LogP contribution in [0.1, 0.15) is 6.42 Å². The standard InChI is InChI=1S/C27H32ClN5O5S/c1-37-18-17-33(39(35,36)24-9-7-22(28)8-10-24)20-27(34)32-14-4-13-31(15-16-32)26-12-11-25(29-30-26)21-5-3-6-23(19-21)38-2/h3,5-12,19H,4,13-18,20H2,1-2H3. The van der Waals surface area contributed by atoms with Crippen LogP contribution in [0.5, 0.6) is 5.75 Å². The second-order valence-corrected chi connectivity index (χ2v) is 11.4. The molecule has 39 heavy (non-hydrogen) atoms. The molecule has 12 heteroatoms. The molecule has 4 rings (SSSR count). The smallest absolute Gasteiger partial charge is 0.243 e. The number of carbonyl (C=O) groups is 1. The summed E-state index contributed by atoms with van der Waals surface area (Å²) in [6.45, 7) is 2.17. The Hall–Kier alpha value is -3.25. The van der Waals surface area contributed by atoms with Crippen LogP contribution in [0.15, 0.2) is 65.6 Å². The van der Waals surface area contributed by atoms with Crippen LogP contribution in [0, 0.1) is 0 Å². The molecule has 0 atom stereocenters. The molecule has 208 valence electrons. The number of carbonyl (C=O) groups excluding carboxylic acids is 1. The third-order valence-corrected chi connectivity index (χ3v) is 8.61. The first-order chi connectivity index (χ1) is 18.8. The third kappa shape index (κ3) is 7.24. The van der Waals surface area contributed by atoms with Gasteiger partial charge in [-0.1, -0.05) is 23.7 Å². The molecule has 1 saturated heterocycles. The lowest BCUT2D eigenvalue weighted by Crippen LogP contribution is -2.45. The van der Waals surface area contributed by atoms with E-state index in [0.29, 0.717) is 37.6 Å². The first-order valence-electron chi connectivity index (χ1n) is 12.6. The number of hydrogen-bond acceptors (Lipinski definition) is 8. The zero-order chi connectivity index (χ0) is 27.8. The Morgan fingerprint density at radius 3 is 2.49 bits per heavy atom. The van der Waals surface area contributed by atoms with Gasteiger partial charge in [0.1, 0.15) is 5.75 Å². The van der Waals surface area contributed by atoms with Gasteiger partial charge in [0.25, 0.3) is 0 Å². The number of hydrogen-bond donors (Lipinski definition) is 0. The van der Waals surface area contributed by atoms with Crippen molar-refractivity contribution in [1.29, 1.82) is 0 Å². The fraction of sp³-hybridized carbons (Fsp3) is 0.370. The van der Waals surface area contributed by atoms with Gasteiger partial charge in [-0.3, -0.25) is 4.79 Å². The number of sulfonamides is 1. The molecule has 0 spiro atoms. The molecular weight excluding hydrogens is 542 g/mol. The van der Waals surface area contributed by atoms with Crippen LogP contribution in [0.4, 0.5) is 5.82 Å². The van der Waals surface area contributed by atoms with Crippen molar-refractivity contribution in [2.24, 2.45) is 0 Å². The molecule has 0 aliphatic carbocycles. The Balaban J connectivity index is 1.41. The SMILES string of the molecule is COCCN(CC(=O)N1CCCN(c2ccc(-c3cccc(OC)c3)nn2)CC1)S(=O)(=O)c1ccc(Cl)cc1. The van der Waals surface area contributed by atoms with E-state index in [9.17, 15) is 13.2 Å². The summed E-state index contributed by atoms with van der Waals surface area (Å²) in [6, 6.07) is 17.4. The zero-order valence-electron chi connectivity index (χ0n) is 22.0. The minimum Gasteiger partial charge on any atom is -0.497 e. The van der Waals surface area contributed by atoms with E-state index in [2.05, 4.69) is 15.1 Å². The van der Waals surface area contributed by atoms with Gasteiger partial charge in [0.15, 0.2) is 5.82 Å². The number of rotatable bonds is 10. The average Bonchev–Trinajstić information content (AvgIpc) is 3.22. The second kappa shape index (κ2) is 13.2. The van der Waals surface area contributed by atoms with Gasteiger partial charge in [-0.25, -0.2) is 8.42 Å². The van der Waals surface area contributed by atoms with Crippen molar-refractivity contribution in [3.63, 3.8) is 0 Å². The van der Waals surface area contributed by atoms with Crippen molar-refractivity contribution in [3.8, 4) is 17.0 Å². The molecule has 0 bridgehead atoms. The first kappa shape index (κ1) is 28.8. The molecule has 10 nitrogen and oxygen atoms in total. The molecule has 1 aliphatic rings. The first-order valence-corrected chi connectivity index (χ1v) is 14.4. The molecule has 1 aromatic heterocycles. The molecular formula is C27H32ClN5O5S. The number of methoxy groups -OCH3 is 2. The van der Waals surface area contributed by atoms with Crippen LogP contribution in [0.3, 0.4) is 0 Å². The van der Waals surface area contributed by atoms with E-state index in [4.69, 9.17) is 21.1 Å². The Morgan fingerprint density at radius 1 is 1.00 bits per heavy atom. The Morgan fingerprint density at radius 2 is 1.79 bits per heavy atom. The summed E-state index contributed by atoms with van der Waals surface area (Å²) in [5.41, 5.74) is 1.65. The lowest BCUT2D eigenvalue weighted by molar-refractivity contribution is -0.131. The fourth-order valence-corrected chi connectivity index (χ4v) is 5.81. The van der Waals surface area contributed by atoms with Gasteiger partial charge in [0.05, 0.1) is 30.9 Å². The van der Waals surface area contributed by atoms with Crippen LogP contribution in [-0.4, -0.2) is 93.8 Å². The van der Waals surface area contributed by atoms with Crippen molar-refractivity contribution in [2.75, 3.05) is 65.0 Å². The fourth-order valence-electron chi connectivity index (χ4n) is 4.31. The van der Waals surface area contributed by atoms with E-state index in [-0.39, 0.29) is 30.5 Å². The minimum atomic E-state index is -3.91. The molecule has 0 unspecified atom stereocenters. The number of aromatic nitrogens is 2. The molecule has 2 heterocycles. The highest BCUT2D eigenvalue weighted by Gasteiger charge is 2.29. The summed E-state index contributed by atoms with van der Waals surface area (Å²) in [7, 11) is -0.795. The van der Waals surface area contributed by atoms with Crippen molar-refractivity contribution in [2.45, 2.75) is 11.3 Å². The highest BCUT2D eigenvalue weighted by Crippen LogP contribution is 2.23. The topological polar surface area (TPSA) is 105 Å². The van der Waals surface area contributed by atoms with Gasteiger partial charge in [-0.2, -0.15) is 4.31 Å². The van der Waals surface area contributed by atoms with Crippen molar-refractivity contribution in [1.82, 2.24) is 19.4 Å². The van der Waals surface area contributed by atoms with Crippen LogP contribution in [0.2, 0.25) is 5.02 Å². The average molecular weight is 574 g/mol. The van der Waals surface area contributed by atoms with E-state index >= 15 is 0 Å². The maximum absolute atomic E-state index is 13.3. The Kier molecular flexibility index (Phi) is 9.73. The summed E-state index contributed by atoms with van der Waals surface area (Å²) >= 11 is 5.92. The van der Waals surface area contributed by atoms with Crippen LogP contribution in [0.25, 0.3) is 11.3 Å². The van der Waals surface area contributed by atoms with Gasteiger partial charge in [-0.15, -0.1) is 10.2 Å². The largest absolute Gasteiger partial charge is 0.497 e. The third-order valence-electron chi connectivity index (χ3n) is 6.50. The van der Waals surface area contributed by atoms with E-state index in [1.54, 1.807) is 12.0 Å². The van der Waals surface area contributed by atoms with Gasteiger partial charge < -0.3 is 19.3 Å². The van der Waals surface area contributed by atoms with Gasteiger partial charge >= 0.3 is 0 Å². The van der Waals surface area contributed by atoms with Crippen molar-refractivity contribution in [3.05, 3.63) is 65.7 Å². The summed E-state index contributed by atoms with van der Waals surface area (Å²) in [6.07, 6.45) is 0.715. The molecule has 1 amide bonds. The van der Waals surface area contributed by atoms with Crippen LogP contribution >= 0.6 is 11.6 Å². The summed E-state index contributed by atoms with van der Waals surface area (Å²) < 4.78 is 38.1. The molecule has 1 fully saturated rings. The van der Waals surface area contributed by atoms with Crippen LogP contribution in [-0.2, 0) is 19.6 Å². The lowest BCUT2D eigenvalue weighted by Gasteiger charge is -2.26. The minimum absolute atomic E-state index is 0.0579. The number of amides is 1. The van der Waals surface area contributed by atoms with Crippen molar-refractivity contribution < 1.29 is 22.7 Å². The summed E-state index contributed by atoms with van der Waals surface area (Å²) in [4.78, 5) is 17.1. The Bertz CT molecular complexity index is 1360. The van der Waals surface area contributed by atoms with Crippen LogP contribution < -0.4 is 9.64 Å². The predicted molar refractivity (Wildman–Crippen MR) is 150 cm³/mol. The van der Waals surface area contributed by atoms with E-state index in [0.717, 1.165) is 27.1 Å². The van der Waals surface area contributed by atoms with Gasteiger partial charge in [-0.05, 0) is 55.0 Å². The van der Waals surface area contributed by atoms with Crippen molar-refractivity contribution >= 4 is 33.3 Å². The normalized spacial score (nSPS) is 14.4.